The van der Waals surface area contributed by atoms with Crippen molar-refractivity contribution in [2.24, 2.45) is 5.92 Å². The molecule has 18 heavy (non-hydrogen) atoms. The summed E-state index contributed by atoms with van der Waals surface area (Å²) < 4.78 is 5.44. The van der Waals surface area contributed by atoms with Gasteiger partial charge < -0.3 is 15.2 Å². The fraction of sp³-hybridized carbons (Fsp3) is 0.385. The Morgan fingerprint density at radius 3 is 2.50 bits per heavy atom. The molecule has 0 aliphatic rings. The number of carboxylic acid groups (broad SMARTS) is 1. The number of rotatable bonds is 6. The van der Waals surface area contributed by atoms with Crippen molar-refractivity contribution >= 4 is 11.9 Å². The van der Waals surface area contributed by atoms with Crippen LogP contribution in [0.2, 0.25) is 0 Å². The first kappa shape index (κ1) is 14.0. The summed E-state index contributed by atoms with van der Waals surface area (Å²) in [6, 6.07) is 7.50. The maximum atomic E-state index is 11.5. The number of ether oxygens (including phenoxy) is 1. The third-order valence-electron chi connectivity index (χ3n) is 2.38. The summed E-state index contributed by atoms with van der Waals surface area (Å²) in [4.78, 5) is 21.8. The number of nitrogens with one attached hydrogen (secondary N) is 1. The van der Waals surface area contributed by atoms with E-state index in [0.717, 1.165) is 5.56 Å². The van der Waals surface area contributed by atoms with E-state index in [2.05, 4.69) is 5.32 Å². The number of amides is 1. The maximum Gasteiger partial charge on any atom is 0.322 e. The topological polar surface area (TPSA) is 75.6 Å². The Hall–Kier alpha value is -2.04. The molecule has 0 fully saturated rings. The Morgan fingerprint density at radius 2 is 1.94 bits per heavy atom. The predicted octanol–water partition coefficient (Wildman–Crippen LogP) is 1.21. The molecule has 5 nitrogen and oxygen atoms in total. The molecular formula is C13H17NO4. The van der Waals surface area contributed by atoms with E-state index in [1.165, 1.54) is 0 Å². The van der Waals surface area contributed by atoms with Crippen LogP contribution in [0.3, 0.4) is 0 Å². The standard InChI is InChI=1S/C13H17NO4/c1-9-3-5-11(6-4-9)18-8-10(2)13(17)14-7-12(15)16/h3-6,10H,7-8H2,1-2H3,(H,14,17)(H,15,16). The van der Waals surface area contributed by atoms with Crippen LogP contribution >= 0.6 is 0 Å². The van der Waals surface area contributed by atoms with Crippen molar-refractivity contribution in [2.75, 3.05) is 13.2 Å². The fourth-order valence-electron chi connectivity index (χ4n) is 1.27. The molecule has 0 saturated carbocycles. The van der Waals surface area contributed by atoms with E-state index >= 15 is 0 Å². The van der Waals surface area contributed by atoms with Crippen LogP contribution < -0.4 is 10.1 Å². The van der Waals surface area contributed by atoms with E-state index < -0.39 is 11.9 Å². The second-order valence-electron chi connectivity index (χ2n) is 4.14. The van der Waals surface area contributed by atoms with E-state index in [4.69, 9.17) is 9.84 Å². The Kier molecular flexibility index (Phi) is 5.17. The van der Waals surface area contributed by atoms with Crippen LogP contribution in [0, 0.1) is 12.8 Å². The molecule has 0 aliphatic carbocycles. The monoisotopic (exact) mass is 251 g/mol. The number of benzene rings is 1. The zero-order valence-electron chi connectivity index (χ0n) is 10.5. The third kappa shape index (κ3) is 4.86. The van der Waals surface area contributed by atoms with Gasteiger partial charge in [0.15, 0.2) is 0 Å². The average molecular weight is 251 g/mol. The first-order valence-electron chi connectivity index (χ1n) is 5.68. The fourth-order valence-corrected chi connectivity index (χ4v) is 1.27. The van der Waals surface area contributed by atoms with E-state index in [1.807, 2.05) is 31.2 Å². The number of hydrogen-bond donors (Lipinski definition) is 2. The second kappa shape index (κ2) is 6.64. The smallest absolute Gasteiger partial charge is 0.322 e. The SMILES string of the molecule is Cc1ccc(OCC(C)C(=O)NCC(=O)O)cc1. The van der Waals surface area contributed by atoms with E-state index in [9.17, 15) is 9.59 Å². The predicted molar refractivity (Wildman–Crippen MR) is 66.5 cm³/mol. The van der Waals surface area contributed by atoms with Gasteiger partial charge in [0.1, 0.15) is 12.3 Å². The first-order valence-corrected chi connectivity index (χ1v) is 5.68. The lowest BCUT2D eigenvalue weighted by Crippen LogP contribution is -2.35. The summed E-state index contributed by atoms with van der Waals surface area (Å²) in [6.45, 7) is 3.51. The Bertz CT molecular complexity index is 414. The molecule has 2 N–H and O–H groups in total. The van der Waals surface area contributed by atoms with Gasteiger partial charge in [0.2, 0.25) is 5.91 Å². The highest BCUT2D eigenvalue weighted by Crippen LogP contribution is 2.12. The Balaban J connectivity index is 2.36. The largest absolute Gasteiger partial charge is 0.493 e. The van der Waals surface area contributed by atoms with Crippen molar-refractivity contribution in [1.29, 1.82) is 0 Å². The Morgan fingerprint density at radius 1 is 1.33 bits per heavy atom. The van der Waals surface area contributed by atoms with Crippen LogP contribution in [0.5, 0.6) is 5.75 Å². The molecule has 1 atom stereocenters. The van der Waals surface area contributed by atoms with Gasteiger partial charge in [-0.3, -0.25) is 9.59 Å². The molecule has 1 rings (SSSR count). The lowest BCUT2D eigenvalue weighted by Gasteiger charge is -2.12. The lowest BCUT2D eigenvalue weighted by molar-refractivity contribution is -0.138. The third-order valence-corrected chi connectivity index (χ3v) is 2.38. The second-order valence-corrected chi connectivity index (χ2v) is 4.14. The van der Waals surface area contributed by atoms with Gasteiger partial charge >= 0.3 is 5.97 Å². The maximum absolute atomic E-state index is 11.5. The molecule has 0 spiro atoms. The van der Waals surface area contributed by atoms with Gasteiger partial charge in [-0.05, 0) is 19.1 Å². The number of hydrogen-bond acceptors (Lipinski definition) is 3. The first-order chi connectivity index (χ1) is 8.49. The van der Waals surface area contributed by atoms with Gasteiger partial charge in [0.25, 0.3) is 0 Å². The lowest BCUT2D eigenvalue weighted by atomic mass is 10.2. The summed E-state index contributed by atoms with van der Waals surface area (Å²) in [5.74, 6) is -1.09. The molecule has 0 aliphatic heterocycles. The molecule has 1 aromatic carbocycles. The minimum atomic E-state index is -1.06. The molecule has 0 saturated heterocycles. The van der Waals surface area contributed by atoms with E-state index in [-0.39, 0.29) is 19.1 Å². The van der Waals surface area contributed by atoms with Crippen molar-refractivity contribution < 1.29 is 19.4 Å². The zero-order chi connectivity index (χ0) is 13.5. The molecule has 0 heterocycles. The van der Waals surface area contributed by atoms with Gasteiger partial charge in [-0.15, -0.1) is 0 Å². The molecule has 98 valence electrons. The van der Waals surface area contributed by atoms with Crippen LogP contribution in [0.15, 0.2) is 24.3 Å². The Labute approximate surface area is 106 Å². The van der Waals surface area contributed by atoms with Crippen LogP contribution in [0.4, 0.5) is 0 Å². The molecule has 1 amide bonds. The van der Waals surface area contributed by atoms with Crippen molar-refractivity contribution in [2.45, 2.75) is 13.8 Å². The zero-order valence-corrected chi connectivity index (χ0v) is 10.5. The van der Waals surface area contributed by atoms with Crippen molar-refractivity contribution in [3.63, 3.8) is 0 Å². The molecule has 5 heteroatoms. The quantitative estimate of drug-likeness (QED) is 0.796. The minimum absolute atomic E-state index is 0.217. The van der Waals surface area contributed by atoms with Gasteiger partial charge in [0.05, 0.1) is 12.5 Å². The molecule has 0 bridgehead atoms. The number of carbonyl (C=O) groups is 2. The summed E-state index contributed by atoms with van der Waals surface area (Å²) in [7, 11) is 0. The van der Waals surface area contributed by atoms with Crippen LogP contribution in [0.1, 0.15) is 12.5 Å². The number of carboxylic acids is 1. The highest BCUT2D eigenvalue weighted by atomic mass is 16.5. The molecule has 1 unspecified atom stereocenters. The van der Waals surface area contributed by atoms with Crippen molar-refractivity contribution in [3.05, 3.63) is 29.8 Å². The summed E-state index contributed by atoms with van der Waals surface area (Å²) in [6.07, 6.45) is 0. The van der Waals surface area contributed by atoms with Gasteiger partial charge in [-0.2, -0.15) is 0 Å². The highest BCUT2D eigenvalue weighted by Gasteiger charge is 2.14. The molecular weight excluding hydrogens is 234 g/mol. The summed E-state index contributed by atoms with van der Waals surface area (Å²) in [5, 5.41) is 10.7. The molecule has 1 aromatic rings. The minimum Gasteiger partial charge on any atom is -0.493 e. The summed E-state index contributed by atoms with van der Waals surface area (Å²) >= 11 is 0. The van der Waals surface area contributed by atoms with E-state index in [1.54, 1.807) is 6.92 Å². The summed E-state index contributed by atoms with van der Waals surface area (Å²) in [5.41, 5.74) is 1.13. The average Bonchev–Trinajstić information content (AvgIpc) is 2.34. The number of carbonyl (C=O) groups excluding carboxylic acids is 1. The van der Waals surface area contributed by atoms with Gasteiger partial charge in [-0.1, -0.05) is 24.6 Å². The molecule has 0 aromatic heterocycles. The van der Waals surface area contributed by atoms with Crippen molar-refractivity contribution in [1.82, 2.24) is 5.32 Å². The number of aliphatic carboxylic acids is 1. The van der Waals surface area contributed by atoms with Crippen molar-refractivity contribution in [3.8, 4) is 5.75 Å². The van der Waals surface area contributed by atoms with Crippen LogP contribution in [0.25, 0.3) is 0 Å². The number of aryl methyl sites for hydroxylation is 1. The van der Waals surface area contributed by atoms with Crippen LogP contribution in [-0.2, 0) is 9.59 Å². The normalized spacial score (nSPS) is 11.7. The van der Waals surface area contributed by atoms with Gasteiger partial charge in [0, 0.05) is 0 Å². The molecule has 0 radical (unpaired) electrons. The van der Waals surface area contributed by atoms with Gasteiger partial charge in [-0.25, -0.2) is 0 Å². The van der Waals surface area contributed by atoms with Crippen LogP contribution in [-0.4, -0.2) is 30.1 Å². The van der Waals surface area contributed by atoms with E-state index in [0.29, 0.717) is 5.75 Å². The highest BCUT2D eigenvalue weighted by molar-refractivity contribution is 5.82.